The Morgan fingerprint density at radius 3 is 2.88 bits per heavy atom. The largest absolute Gasteiger partial charge is 0.377 e. The van der Waals surface area contributed by atoms with Crippen molar-refractivity contribution in [2.75, 3.05) is 4.90 Å². The van der Waals surface area contributed by atoms with E-state index in [1.807, 2.05) is 17.5 Å². The number of hydrogen-bond acceptors (Lipinski definition) is 6. The summed E-state index contributed by atoms with van der Waals surface area (Å²) in [5.74, 6) is -0.781. The Bertz CT molecular complexity index is 900. The third-order valence-corrected chi connectivity index (χ3v) is 5.74. The number of anilines is 1. The van der Waals surface area contributed by atoms with Gasteiger partial charge in [0.25, 0.3) is 0 Å². The molecule has 3 rings (SSSR count). The summed E-state index contributed by atoms with van der Waals surface area (Å²) in [5, 5.41) is 9.72. The van der Waals surface area contributed by atoms with Crippen molar-refractivity contribution < 1.29 is 9.59 Å². The molecule has 1 aromatic carbocycles. The lowest BCUT2D eigenvalue weighted by atomic mass is 10.3. The van der Waals surface area contributed by atoms with Crippen LogP contribution in [0.25, 0.3) is 0 Å². The fourth-order valence-electron chi connectivity index (χ4n) is 2.28. The number of benzene rings is 1. The summed E-state index contributed by atoms with van der Waals surface area (Å²) in [7, 11) is 0. The van der Waals surface area contributed by atoms with Gasteiger partial charge in [0.15, 0.2) is 5.17 Å². The monoisotopic (exact) mass is 426 g/mol. The predicted molar refractivity (Wildman–Crippen MR) is 108 cm³/mol. The normalized spacial score (nSPS) is 18.3. The Morgan fingerprint density at radius 1 is 1.35 bits per heavy atom. The van der Waals surface area contributed by atoms with E-state index in [1.165, 1.54) is 23.5 Å². The van der Waals surface area contributed by atoms with Crippen molar-refractivity contribution in [3.8, 4) is 0 Å². The van der Waals surface area contributed by atoms with Gasteiger partial charge in [0.05, 0.1) is 16.9 Å². The average Bonchev–Trinajstić information content (AvgIpc) is 3.19. The number of rotatable bonds is 4. The van der Waals surface area contributed by atoms with Gasteiger partial charge in [-0.2, -0.15) is 5.10 Å². The van der Waals surface area contributed by atoms with E-state index in [4.69, 9.17) is 28.9 Å². The van der Waals surface area contributed by atoms with Gasteiger partial charge >= 0.3 is 0 Å². The average molecular weight is 427 g/mol. The van der Waals surface area contributed by atoms with Crippen molar-refractivity contribution in [1.29, 1.82) is 0 Å². The number of thiophene rings is 1. The second-order valence-electron chi connectivity index (χ2n) is 5.17. The number of carbonyl (C=O) groups excluding carboxylic acids is 2. The summed E-state index contributed by atoms with van der Waals surface area (Å²) in [6.45, 7) is 0. The molecule has 1 aliphatic rings. The summed E-state index contributed by atoms with van der Waals surface area (Å²) in [4.78, 5) is 26.9. The molecule has 1 fully saturated rings. The molecule has 0 bridgehead atoms. The first kappa shape index (κ1) is 18.9. The van der Waals surface area contributed by atoms with E-state index in [2.05, 4.69) is 10.2 Å². The summed E-state index contributed by atoms with van der Waals surface area (Å²) in [5.41, 5.74) is 6.08. The third kappa shape index (κ3) is 4.27. The predicted octanol–water partition coefficient (Wildman–Crippen LogP) is 3.77. The highest BCUT2D eigenvalue weighted by atomic mass is 35.5. The highest BCUT2D eigenvalue weighted by Crippen LogP contribution is 2.35. The quantitative estimate of drug-likeness (QED) is 0.348. The molecule has 1 aromatic heterocycles. The van der Waals surface area contributed by atoms with Crippen LogP contribution in [-0.4, -0.2) is 28.4 Å². The van der Waals surface area contributed by atoms with E-state index < -0.39 is 11.2 Å². The molecular formula is C16H12Cl2N4O2S2. The smallest absolute Gasteiger partial charge is 0.247 e. The van der Waals surface area contributed by atoms with Crippen molar-refractivity contribution >= 4 is 75.2 Å². The Hall–Kier alpha value is -1.87. The van der Waals surface area contributed by atoms with Gasteiger partial charge < -0.3 is 5.73 Å². The minimum atomic E-state index is -0.682. The number of thioether (sulfide) groups is 1. The van der Waals surface area contributed by atoms with Gasteiger partial charge in [-0.1, -0.05) is 41.0 Å². The molecule has 0 saturated carbocycles. The lowest BCUT2D eigenvalue weighted by Gasteiger charge is -2.16. The molecule has 10 heteroatoms. The zero-order chi connectivity index (χ0) is 18.7. The molecule has 2 N–H and O–H groups in total. The standard InChI is InChI=1S/C16H12Cl2N4O2S2/c17-9-3-4-11(18)12(6-9)22-14(23)7-13(15(22)24)26-16(19)21-20-8-10-2-1-5-25-10/h1-6,8,13H,7H2,(H2,19,21)/b20-8-/t13-/m0/s1. The maximum Gasteiger partial charge on any atom is 0.247 e. The van der Waals surface area contributed by atoms with Gasteiger partial charge in [-0.15, -0.1) is 16.4 Å². The van der Waals surface area contributed by atoms with Gasteiger partial charge in [-0.25, -0.2) is 4.90 Å². The molecule has 0 spiro atoms. The van der Waals surface area contributed by atoms with Crippen LogP contribution in [0.15, 0.2) is 45.9 Å². The fourth-order valence-corrected chi connectivity index (χ4v) is 4.05. The third-order valence-electron chi connectivity index (χ3n) is 3.40. The van der Waals surface area contributed by atoms with Crippen LogP contribution in [0.4, 0.5) is 5.69 Å². The van der Waals surface area contributed by atoms with Crippen molar-refractivity contribution in [2.45, 2.75) is 11.7 Å². The maximum absolute atomic E-state index is 12.6. The number of imide groups is 1. The second-order valence-corrected chi connectivity index (χ2v) is 8.22. The summed E-state index contributed by atoms with van der Waals surface area (Å²) in [6, 6.07) is 8.39. The number of carbonyl (C=O) groups is 2. The van der Waals surface area contributed by atoms with E-state index in [9.17, 15) is 9.59 Å². The van der Waals surface area contributed by atoms with E-state index >= 15 is 0 Å². The molecule has 2 heterocycles. The lowest BCUT2D eigenvalue weighted by Crippen LogP contribution is -2.32. The number of amidine groups is 1. The minimum Gasteiger partial charge on any atom is -0.377 e. The molecule has 2 amide bonds. The van der Waals surface area contributed by atoms with Crippen molar-refractivity contribution in [3.63, 3.8) is 0 Å². The Balaban J connectivity index is 1.71. The van der Waals surface area contributed by atoms with E-state index in [0.29, 0.717) is 5.02 Å². The van der Waals surface area contributed by atoms with Crippen molar-refractivity contribution in [2.24, 2.45) is 15.9 Å². The molecule has 134 valence electrons. The molecule has 1 saturated heterocycles. The van der Waals surface area contributed by atoms with Crippen LogP contribution in [0.5, 0.6) is 0 Å². The second kappa shape index (κ2) is 8.22. The molecule has 0 aliphatic carbocycles. The first-order valence-electron chi connectivity index (χ1n) is 7.34. The molecule has 0 unspecified atom stereocenters. The van der Waals surface area contributed by atoms with Crippen LogP contribution in [0.3, 0.4) is 0 Å². The van der Waals surface area contributed by atoms with Crippen LogP contribution in [0, 0.1) is 0 Å². The topological polar surface area (TPSA) is 88.1 Å². The zero-order valence-electron chi connectivity index (χ0n) is 13.1. The van der Waals surface area contributed by atoms with Gasteiger partial charge in [0.2, 0.25) is 11.8 Å². The van der Waals surface area contributed by atoms with Crippen molar-refractivity contribution in [1.82, 2.24) is 0 Å². The van der Waals surface area contributed by atoms with Crippen molar-refractivity contribution in [3.05, 3.63) is 50.6 Å². The molecule has 0 radical (unpaired) electrons. The fraction of sp³-hybridized carbons (Fsp3) is 0.125. The maximum atomic E-state index is 12.6. The molecule has 1 atom stereocenters. The molecule has 2 aromatic rings. The van der Waals surface area contributed by atoms with Gasteiger partial charge in [0, 0.05) is 16.3 Å². The van der Waals surface area contributed by atoms with Gasteiger partial charge in [-0.05, 0) is 29.6 Å². The molecule has 1 aliphatic heterocycles. The Kier molecular flexibility index (Phi) is 5.98. The van der Waals surface area contributed by atoms with Gasteiger partial charge in [-0.3, -0.25) is 9.59 Å². The van der Waals surface area contributed by atoms with Crippen LogP contribution in [0.1, 0.15) is 11.3 Å². The van der Waals surface area contributed by atoms with E-state index in [1.54, 1.807) is 12.3 Å². The highest BCUT2D eigenvalue weighted by molar-refractivity contribution is 8.14. The minimum absolute atomic E-state index is 0.00278. The zero-order valence-corrected chi connectivity index (χ0v) is 16.3. The summed E-state index contributed by atoms with van der Waals surface area (Å²) >= 11 is 14.6. The van der Waals surface area contributed by atoms with Gasteiger partial charge in [0.1, 0.15) is 5.25 Å². The summed E-state index contributed by atoms with van der Waals surface area (Å²) in [6.07, 6.45) is 1.56. The number of nitrogens with two attached hydrogens (primary N) is 1. The van der Waals surface area contributed by atoms with E-state index in [-0.39, 0.29) is 28.2 Å². The SMILES string of the molecule is N/C(=N/N=C\c1cccs1)S[C@H]1CC(=O)N(c2cc(Cl)ccc2Cl)C1=O. The van der Waals surface area contributed by atoms with Crippen LogP contribution in [0.2, 0.25) is 10.0 Å². The first-order chi connectivity index (χ1) is 12.5. The number of halogens is 2. The van der Waals surface area contributed by atoms with Crippen LogP contribution >= 0.6 is 46.3 Å². The van der Waals surface area contributed by atoms with Crippen LogP contribution in [-0.2, 0) is 9.59 Å². The molecular weight excluding hydrogens is 415 g/mol. The highest BCUT2D eigenvalue weighted by Gasteiger charge is 2.41. The summed E-state index contributed by atoms with van der Waals surface area (Å²) < 4.78 is 0. The number of hydrogen-bond donors (Lipinski definition) is 1. The number of nitrogens with zero attached hydrogens (tertiary/aromatic N) is 3. The first-order valence-corrected chi connectivity index (χ1v) is 9.85. The molecule has 26 heavy (non-hydrogen) atoms. The van der Waals surface area contributed by atoms with E-state index in [0.717, 1.165) is 21.5 Å². The lowest BCUT2D eigenvalue weighted by molar-refractivity contribution is -0.121. The Morgan fingerprint density at radius 2 is 2.15 bits per heavy atom. The number of amides is 2. The Labute approximate surface area is 167 Å². The van der Waals surface area contributed by atoms with Crippen LogP contribution < -0.4 is 10.6 Å². The molecule has 6 nitrogen and oxygen atoms in total.